The Kier molecular flexibility index (Phi) is 4.33. The highest BCUT2D eigenvalue weighted by Crippen LogP contribution is 2.16. The molecule has 1 aromatic carbocycles. The van der Waals surface area contributed by atoms with Crippen molar-refractivity contribution in [3.63, 3.8) is 0 Å². The van der Waals surface area contributed by atoms with Crippen molar-refractivity contribution in [3.05, 3.63) is 69.0 Å². The van der Waals surface area contributed by atoms with E-state index in [9.17, 15) is 14.4 Å². The van der Waals surface area contributed by atoms with Crippen LogP contribution in [0.2, 0.25) is 5.15 Å². The Balaban J connectivity index is 1.52. The van der Waals surface area contributed by atoms with E-state index in [4.69, 9.17) is 11.6 Å². The van der Waals surface area contributed by atoms with Crippen LogP contribution in [0.5, 0.6) is 0 Å². The molecular formula is C18H14ClN5O3. The average Bonchev–Trinajstić information content (AvgIpc) is 3.15. The number of fused-ring (bicyclic) bond motifs is 2. The molecule has 0 atom stereocenters. The first kappa shape index (κ1) is 17.2. The summed E-state index contributed by atoms with van der Waals surface area (Å²) in [6.07, 6.45) is 2.93. The van der Waals surface area contributed by atoms with Crippen molar-refractivity contribution in [2.24, 2.45) is 0 Å². The highest BCUT2D eigenvalue weighted by atomic mass is 35.5. The number of nitrogens with zero attached hydrogens (tertiary/aromatic N) is 3. The predicted octanol–water partition coefficient (Wildman–Crippen LogP) is 1.47. The number of carbonyl (C=O) groups is 2. The lowest BCUT2D eigenvalue weighted by molar-refractivity contribution is 0.0846. The van der Waals surface area contributed by atoms with Crippen LogP contribution in [0.25, 0.3) is 10.9 Å². The van der Waals surface area contributed by atoms with Crippen molar-refractivity contribution in [2.45, 2.75) is 19.4 Å². The number of hydrogen-bond acceptors (Lipinski definition) is 5. The lowest BCUT2D eigenvalue weighted by Gasteiger charge is -2.09. The Morgan fingerprint density at radius 3 is 2.56 bits per heavy atom. The van der Waals surface area contributed by atoms with Crippen LogP contribution < -0.4 is 16.4 Å². The summed E-state index contributed by atoms with van der Waals surface area (Å²) in [5, 5.41) is 0.732. The number of pyridine rings is 1. The Morgan fingerprint density at radius 1 is 1.07 bits per heavy atom. The van der Waals surface area contributed by atoms with Gasteiger partial charge in [0.1, 0.15) is 11.0 Å². The summed E-state index contributed by atoms with van der Waals surface area (Å²) in [4.78, 5) is 45.1. The molecule has 0 aliphatic carbocycles. The first-order valence-corrected chi connectivity index (χ1v) is 8.66. The van der Waals surface area contributed by atoms with E-state index in [0.717, 1.165) is 18.7 Å². The molecule has 136 valence electrons. The summed E-state index contributed by atoms with van der Waals surface area (Å²) < 4.78 is 1.67. The molecule has 1 aliphatic rings. The Hall–Kier alpha value is -3.26. The number of hydrogen-bond donors (Lipinski definition) is 2. The van der Waals surface area contributed by atoms with Crippen LogP contribution in [-0.2, 0) is 13.0 Å². The molecule has 1 aliphatic heterocycles. The minimum absolute atomic E-state index is 0.0944. The number of nitrogens with one attached hydrogen (secondary N) is 2. The summed E-state index contributed by atoms with van der Waals surface area (Å²) in [7, 11) is 0. The van der Waals surface area contributed by atoms with Crippen molar-refractivity contribution in [3.8, 4) is 0 Å². The summed E-state index contributed by atoms with van der Waals surface area (Å²) in [6, 6.07) is 7.62. The molecule has 2 N–H and O–H groups in total. The van der Waals surface area contributed by atoms with Gasteiger partial charge >= 0.3 is 0 Å². The summed E-state index contributed by atoms with van der Waals surface area (Å²) >= 11 is 5.68. The first-order chi connectivity index (χ1) is 13.0. The van der Waals surface area contributed by atoms with Crippen LogP contribution >= 0.6 is 11.6 Å². The molecule has 3 aromatic rings. The first-order valence-electron chi connectivity index (χ1n) is 8.28. The second kappa shape index (κ2) is 6.81. The zero-order valence-electron chi connectivity index (χ0n) is 14.0. The SMILES string of the molecule is O=C(NNC(=O)c1ccc2c(=O)n3c(nc2c1)CCC3)c1ccc(Cl)nc1. The molecule has 0 unspecified atom stereocenters. The van der Waals surface area contributed by atoms with Gasteiger partial charge in [0.2, 0.25) is 0 Å². The van der Waals surface area contributed by atoms with Gasteiger partial charge in [0.15, 0.2) is 0 Å². The summed E-state index contributed by atoms with van der Waals surface area (Å²) in [5.74, 6) is -0.314. The number of hydrazine groups is 1. The number of rotatable bonds is 2. The molecule has 8 nitrogen and oxygen atoms in total. The Bertz CT molecular complexity index is 1120. The molecule has 0 spiro atoms. The number of aryl methyl sites for hydroxylation is 1. The van der Waals surface area contributed by atoms with E-state index in [2.05, 4.69) is 20.8 Å². The quantitative estimate of drug-likeness (QED) is 0.515. The smallest absolute Gasteiger partial charge is 0.271 e. The maximum atomic E-state index is 12.4. The lowest BCUT2D eigenvalue weighted by atomic mass is 10.1. The largest absolute Gasteiger partial charge is 0.296 e. The van der Waals surface area contributed by atoms with E-state index in [1.165, 1.54) is 24.4 Å². The minimum Gasteiger partial charge on any atom is -0.296 e. The van der Waals surface area contributed by atoms with E-state index < -0.39 is 11.8 Å². The van der Waals surface area contributed by atoms with Gasteiger partial charge in [-0.3, -0.25) is 29.8 Å². The predicted molar refractivity (Wildman–Crippen MR) is 98.5 cm³/mol. The highest BCUT2D eigenvalue weighted by molar-refractivity contribution is 6.29. The van der Waals surface area contributed by atoms with Crippen LogP contribution in [0.1, 0.15) is 33.0 Å². The molecule has 0 radical (unpaired) electrons. The summed E-state index contributed by atoms with van der Waals surface area (Å²) in [5.41, 5.74) is 5.55. The van der Waals surface area contributed by atoms with Crippen molar-refractivity contribution in [1.82, 2.24) is 25.4 Å². The average molecular weight is 384 g/mol. The van der Waals surface area contributed by atoms with Crippen LogP contribution in [0.3, 0.4) is 0 Å². The number of aromatic nitrogens is 3. The fraction of sp³-hybridized carbons (Fsp3) is 0.167. The third kappa shape index (κ3) is 3.26. The van der Waals surface area contributed by atoms with Gasteiger partial charge < -0.3 is 0 Å². The van der Waals surface area contributed by atoms with Gasteiger partial charge in [-0.05, 0) is 36.8 Å². The standard InChI is InChI=1S/C18H14ClN5O3/c19-14-6-4-11(9-20-14)17(26)23-22-16(25)10-3-5-12-13(8-10)21-15-2-1-7-24(15)18(12)27/h3-6,8-9H,1-2,7H2,(H,22,25)(H,23,26). The van der Waals surface area contributed by atoms with E-state index >= 15 is 0 Å². The molecule has 0 saturated carbocycles. The van der Waals surface area contributed by atoms with Crippen molar-refractivity contribution in [1.29, 1.82) is 0 Å². The fourth-order valence-electron chi connectivity index (χ4n) is 2.99. The van der Waals surface area contributed by atoms with E-state index in [1.807, 2.05) is 0 Å². The van der Waals surface area contributed by atoms with Crippen LogP contribution in [0.15, 0.2) is 41.3 Å². The molecule has 0 fully saturated rings. The third-order valence-electron chi connectivity index (χ3n) is 4.36. The Morgan fingerprint density at radius 2 is 1.81 bits per heavy atom. The zero-order chi connectivity index (χ0) is 19.0. The van der Waals surface area contributed by atoms with E-state index in [1.54, 1.807) is 16.7 Å². The molecule has 0 saturated heterocycles. The molecule has 9 heteroatoms. The number of halogens is 1. The van der Waals surface area contributed by atoms with Gasteiger partial charge in [-0.2, -0.15) is 0 Å². The van der Waals surface area contributed by atoms with Gasteiger partial charge in [0.05, 0.1) is 16.5 Å². The second-order valence-electron chi connectivity index (χ2n) is 6.10. The fourth-order valence-corrected chi connectivity index (χ4v) is 3.10. The molecule has 4 rings (SSSR count). The monoisotopic (exact) mass is 383 g/mol. The third-order valence-corrected chi connectivity index (χ3v) is 4.58. The molecule has 0 bridgehead atoms. The zero-order valence-corrected chi connectivity index (χ0v) is 14.8. The van der Waals surface area contributed by atoms with E-state index in [0.29, 0.717) is 17.4 Å². The maximum Gasteiger partial charge on any atom is 0.271 e. The van der Waals surface area contributed by atoms with Crippen LogP contribution in [0.4, 0.5) is 0 Å². The van der Waals surface area contributed by atoms with Gasteiger partial charge in [-0.1, -0.05) is 11.6 Å². The normalized spacial score (nSPS) is 12.6. The number of benzene rings is 1. The van der Waals surface area contributed by atoms with Gasteiger partial charge in [-0.25, -0.2) is 9.97 Å². The minimum atomic E-state index is -0.525. The van der Waals surface area contributed by atoms with Gasteiger partial charge in [-0.15, -0.1) is 0 Å². The molecular weight excluding hydrogens is 370 g/mol. The van der Waals surface area contributed by atoms with Gasteiger partial charge in [0, 0.05) is 24.7 Å². The molecule has 2 amide bonds. The van der Waals surface area contributed by atoms with E-state index in [-0.39, 0.29) is 21.8 Å². The van der Waals surface area contributed by atoms with Crippen molar-refractivity contribution >= 4 is 34.3 Å². The molecule has 2 aromatic heterocycles. The van der Waals surface area contributed by atoms with Gasteiger partial charge in [0.25, 0.3) is 17.4 Å². The second-order valence-corrected chi connectivity index (χ2v) is 6.49. The van der Waals surface area contributed by atoms with Crippen LogP contribution in [-0.4, -0.2) is 26.3 Å². The highest BCUT2D eigenvalue weighted by Gasteiger charge is 2.17. The van der Waals surface area contributed by atoms with Crippen molar-refractivity contribution < 1.29 is 9.59 Å². The summed E-state index contributed by atoms with van der Waals surface area (Å²) in [6.45, 7) is 0.672. The van der Waals surface area contributed by atoms with Crippen LogP contribution in [0, 0.1) is 0 Å². The number of carbonyl (C=O) groups excluding carboxylic acids is 2. The number of amides is 2. The maximum absolute atomic E-state index is 12.4. The molecule has 3 heterocycles. The molecule has 27 heavy (non-hydrogen) atoms. The topological polar surface area (TPSA) is 106 Å². The van der Waals surface area contributed by atoms with Crippen molar-refractivity contribution in [2.75, 3.05) is 0 Å². The lowest BCUT2D eigenvalue weighted by Crippen LogP contribution is -2.41. The Labute approximate surface area is 158 Å².